The van der Waals surface area contributed by atoms with E-state index in [0.717, 1.165) is 4.68 Å². The molecule has 0 spiro atoms. The number of amides is 1. The molecule has 0 aliphatic rings. The van der Waals surface area contributed by atoms with Gasteiger partial charge in [0.15, 0.2) is 0 Å². The van der Waals surface area contributed by atoms with Crippen LogP contribution >= 0.6 is 0 Å². The number of methoxy groups -OCH3 is 1. The highest BCUT2D eigenvalue weighted by molar-refractivity contribution is 5.64. The fourth-order valence-electron chi connectivity index (χ4n) is 2.45. The van der Waals surface area contributed by atoms with Gasteiger partial charge in [0.2, 0.25) is 5.88 Å². The molecule has 0 fully saturated rings. The molecule has 0 aliphatic heterocycles. The molecule has 10 nitrogen and oxygen atoms in total. The minimum atomic E-state index is -1.30. The van der Waals surface area contributed by atoms with Crippen LogP contribution in [0.1, 0.15) is 11.3 Å². The van der Waals surface area contributed by atoms with E-state index in [1.54, 1.807) is 36.5 Å². The van der Waals surface area contributed by atoms with Gasteiger partial charge in [-0.1, -0.05) is 12.0 Å². The third-order valence-electron chi connectivity index (χ3n) is 3.97. The van der Waals surface area contributed by atoms with E-state index in [0.29, 0.717) is 17.1 Å². The fraction of sp³-hybridized carbons (Fsp3) is 0.150. The van der Waals surface area contributed by atoms with Crippen LogP contribution in [-0.4, -0.2) is 49.2 Å². The topological polar surface area (TPSA) is 124 Å². The van der Waals surface area contributed by atoms with Crippen LogP contribution in [0.25, 0.3) is 5.82 Å². The summed E-state index contributed by atoms with van der Waals surface area (Å²) in [6.07, 6.45) is 1.75. The number of pyridine rings is 2. The second-order valence-electron chi connectivity index (χ2n) is 6.09. The lowest BCUT2D eigenvalue weighted by atomic mass is 10.2. The van der Waals surface area contributed by atoms with Gasteiger partial charge in [0.05, 0.1) is 20.0 Å². The second-order valence-corrected chi connectivity index (χ2v) is 6.09. The molecule has 3 heterocycles. The molecule has 0 aromatic carbocycles. The van der Waals surface area contributed by atoms with Crippen LogP contribution in [0, 0.1) is 11.8 Å². The number of carbonyl (C=O) groups is 1. The molecule has 0 radical (unpaired) electrons. The summed E-state index contributed by atoms with van der Waals surface area (Å²) in [6.45, 7) is -0.485. The fourth-order valence-corrected chi connectivity index (χ4v) is 2.45. The summed E-state index contributed by atoms with van der Waals surface area (Å²) in [5.74, 6) is 6.58. The molecule has 0 saturated heterocycles. The molecule has 11 heteroatoms. The van der Waals surface area contributed by atoms with Crippen LogP contribution in [0.4, 0.5) is 9.18 Å². The van der Waals surface area contributed by atoms with Crippen LogP contribution in [0.15, 0.2) is 59.6 Å². The van der Waals surface area contributed by atoms with Crippen molar-refractivity contribution in [2.45, 2.75) is 6.54 Å². The van der Waals surface area contributed by atoms with E-state index in [-0.39, 0.29) is 30.8 Å². The third-order valence-corrected chi connectivity index (χ3v) is 3.97. The van der Waals surface area contributed by atoms with Crippen molar-refractivity contribution in [3.63, 3.8) is 0 Å². The second kappa shape index (κ2) is 9.84. The predicted octanol–water partition coefficient (Wildman–Crippen LogP) is 1.35. The number of ether oxygens (including phenoxy) is 1. The zero-order valence-corrected chi connectivity index (χ0v) is 16.3. The maximum absolute atomic E-state index is 13.0. The number of carboxylic acid groups (broad SMARTS) is 1. The monoisotopic (exact) mass is 424 g/mol. The summed E-state index contributed by atoms with van der Waals surface area (Å²) in [4.78, 5) is 31.6. The van der Waals surface area contributed by atoms with Crippen molar-refractivity contribution >= 4 is 6.09 Å². The lowest BCUT2D eigenvalue weighted by molar-refractivity contribution is 0.195. The number of halogens is 1. The molecule has 3 aromatic heterocycles. The molecule has 1 amide bonds. The van der Waals surface area contributed by atoms with E-state index >= 15 is 0 Å². The number of aromatic nitrogens is 5. The van der Waals surface area contributed by atoms with Crippen LogP contribution in [0.5, 0.6) is 5.88 Å². The Balaban J connectivity index is 1.79. The van der Waals surface area contributed by atoms with Crippen LogP contribution in [-0.2, 0) is 6.54 Å². The van der Waals surface area contributed by atoms with Gasteiger partial charge in [0, 0.05) is 24.4 Å². The summed E-state index contributed by atoms with van der Waals surface area (Å²) in [5, 5.41) is 14.6. The molecule has 31 heavy (non-hydrogen) atoms. The third kappa shape index (κ3) is 5.54. The number of rotatable bonds is 6. The molecule has 0 aliphatic carbocycles. The molecule has 0 bridgehead atoms. The van der Waals surface area contributed by atoms with E-state index in [4.69, 9.17) is 9.84 Å². The van der Waals surface area contributed by atoms with Crippen molar-refractivity contribution in [2.24, 2.45) is 0 Å². The lowest BCUT2D eigenvalue weighted by Gasteiger charge is -2.05. The largest absolute Gasteiger partial charge is 0.481 e. The highest BCUT2D eigenvalue weighted by Gasteiger charge is 2.11. The Morgan fingerprint density at radius 2 is 2.16 bits per heavy atom. The Bertz CT molecular complexity index is 1220. The number of hydrogen-bond donors (Lipinski definition) is 2. The highest BCUT2D eigenvalue weighted by Crippen LogP contribution is 2.07. The zero-order valence-electron chi connectivity index (χ0n) is 16.3. The minimum absolute atomic E-state index is 0.0374. The van der Waals surface area contributed by atoms with Gasteiger partial charge in [-0.2, -0.15) is 5.10 Å². The molecule has 0 atom stereocenters. The van der Waals surface area contributed by atoms with Gasteiger partial charge in [-0.05, 0) is 29.7 Å². The first-order valence-corrected chi connectivity index (χ1v) is 8.89. The van der Waals surface area contributed by atoms with Crippen molar-refractivity contribution < 1.29 is 19.0 Å². The Morgan fingerprint density at radius 1 is 1.32 bits per heavy atom. The quantitative estimate of drug-likeness (QED) is 0.573. The standard InChI is InChI=1S/C20H17FN6O4/c1-31-18-8-6-14(10-22-18)5-7-16-3-2-4-17(25-16)26-13-24-27(20(26)30)12-15(9-21)11-23-19(28)29/h2-4,6,8-10,13,23H,11-12H2,1H3,(H,28,29)/b15-9+. The van der Waals surface area contributed by atoms with Gasteiger partial charge in [-0.15, -0.1) is 0 Å². The van der Waals surface area contributed by atoms with Crippen molar-refractivity contribution in [2.75, 3.05) is 13.7 Å². The molecule has 2 N–H and O–H groups in total. The molecule has 3 aromatic rings. The summed E-state index contributed by atoms with van der Waals surface area (Å²) in [5.41, 5.74) is 0.559. The van der Waals surface area contributed by atoms with E-state index in [2.05, 4.69) is 26.9 Å². The average Bonchev–Trinajstić information content (AvgIpc) is 3.15. The summed E-state index contributed by atoms with van der Waals surface area (Å²) in [7, 11) is 1.52. The predicted molar refractivity (Wildman–Crippen MR) is 108 cm³/mol. The first-order chi connectivity index (χ1) is 15.0. The summed E-state index contributed by atoms with van der Waals surface area (Å²) < 4.78 is 20.2. The maximum Gasteiger partial charge on any atom is 0.404 e. The Hall–Kier alpha value is -4.46. The van der Waals surface area contributed by atoms with Gasteiger partial charge < -0.3 is 15.2 Å². The molecular weight excluding hydrogens is 407 g/mol. The van der Waals surface area contributed by atoms with E-state index in [9.17, 15) is 14.0 Å². The van der Waals surface area contributed by atoms with E-state index in [1.807, 2.05) is 5.32 Å². The van der Waals surface area contributed by atoms with Crippen molar-refractivity contribution in [1.82, 2.24) is 29.6 Å². The van der Waals surface area contributed by atoms with Crippen LogP contribution < -0.4 is 15.7 Å². The lowest BCUT2D eigenvalue weighted by Crippen LogP contribution is -2.29. The summed E-state index contributed by atoms with van der Waals surface area (Å²) >= 11 is 0. The highest BCUT2D eigenvalue weighted by atomic mass is 19.1. The average molecular weight is 424 g/mol. The molecule has 3 rings (SSSR count). The van der Waals surface area contributed by atoms with Crippen LogP contribution in [0.3, 0.4) is 0 Å². The maximum atomic E-state index is 13.0. The Morgan fingerprint density at radius 3 is 2.84 bits per heavy atom. The van der Waals surface area contributed by atoms with Crippen molar-refractivity contribution in [1.29, 1.82) is 0 Å². The molecular formula is C20H17FN6O4. The minimum Gasteiger partial charge on any atom is -0.481 e. The van der Waals surface area contributed by atoms with E-state index < -0.39 is 11.8 Å². The SMILES string of the molecule is COc1ccc(C#Cc2cccc(-n3cnn(C/C(=C/F)CNC(=O)O)c3=O)n2)cn1. The number of nitrogens with one attached hydrogen (secondary N) is 1. The normalized spacial score (nSPS) is 10.8. The first-order valence-electron chi connectivity index (χ1n) is 8.89. The molecule has 0 saturated carbocycles. The van der Waals surface area contributed by atoms with Gasteiger partial charge in [-0.25, -0.2) is 33.2 Å². The summed E-state index contributed by atoms with van der Waals surface area (Å²) in [6, 6.07) is 8.42. The Labute approximate surface area is 175 Å². The van der Waals surface area contributed by atoms with Crippen molar-refractivity contribution in [3.8, 4) is 23.5 Å². The van der Waals surface area contributed by atoms with E-state index in [1.165, 1.54) is 18.0 Å². The zero-order chi connectivity index (χ0) is 22.2. The molecule has 0 unspecified atom stereocenters. The number of hydrogen-bond acceptors (Lipinski definition) is 6. The van der Waals surface area contributed by atoms with Gasteiger partial charge in [0.1, 0.15) is 17.8 Å². The van der Waals surface area contributed by atoms with Gasteiger partial charge >= 0.3 is 11.8 Å². The first kappa shape index (κ1) is 21.3. The molecule has 158 valence electrons. The smallest absolute Gasteiger partial charge is 0.404 e. The van der Waals surface area contributed by atoms with Gasteiger partial charge in [-0.3, -0.25) is 0 Å². The van der Waals surface area contributed by atoms with Crippen LogP contribution in [0.2, 0.25) is 0 Å². The Kier molecular flexibility index (Phi) is 6.74. The number of nitrogens with zero attached hydrogens (tertiary/aromatic N) is 5. The van der Waals surface area contributed by atoms with Crippen molar-refractivity contribution in [3.05, 3.63) is 76.5 Å². The van der Waals surface area contributed by atoms with Gasteiger partial charge in [0.25, 0.3) is 0 Å².